The van der Waals surface area contributed by atoms with Crippen molar-refractivity contribution >= 4 is 0 Å². The van der Waals surface area contributed by atoms with Gasteiger partial charge in [0.25, 0.3) is 0 Å². The van der Waals surface area contributed by atoms with Crippen LogP contribution in [-0.2, 0) is 11.3 Å². The standard InChI is InChI=1S/C8H12N2O/c1-7-2-9-10(3-7)4-8-5-11-6-8/h2-3,8H,4-6H2,1H3. The minimum absolute atomic E-state index is 0.689. The Bertz CT molecular complexity index is 240. The Labute approximate surface area is 66.0 Å². The lowest BCUT2D eigenvalue weighted by Gasteiger charge is -2.25. The zero-order valence-corrected chi connectivity index (χ0v) is 6.66. The molecule has 1 fully saturated rings. The summed E-state index contributed by atoms with van der Waals surface area (Å²) in [5.74, 6) is 0.689. The zero-order valence-electron chi connectivity index (χ0n) is 6.66. The van der Waals surface area contributed by atoms with E-state index < -0.39 is 0 Å². The highest BCUT2D eigenvalue weighted by atomic mass is 16.5. The van der Waals surface area contributed by atoms with E-state index in [1.54, 1.807) is 0 Å². The molecule has 3 heteroatoms. The van der Waals surface area contributed by atoms with Gasteiger partial charge in [-0.3, -0.25) is 4.68 Å². The van der Waals surface area contributed by atoms with Crippen LogP contribution in [0, 0.1) is 12.8 Å². The molecule has 0 saturated carbocycles. The van der Waals surface area contributed by atoms with Crippen LogP contribution in [0.4, 0.5) is 0 Å². The van der Waals surface area contributed by atoms with Gasteiger partial charge in [0, 0.05) is 18.7 Å². The minimum Gasteiger partial charge on any atom is -0.381 e. The van der Waals surface area contributed by atoms with Crippen molar-refractivity contribution in [3.63, 3.8) is 0 Å². The molecule has 2 rings (SSSR count). The molecule has 0 aromatic carbocycles. The van der Waals surface area contributed by atoms with Crippen LogP contribution in [0.1, 0.15) is 5.56 Å². The first-order valence-corrected chi connectivity index (χ1v) is 3.91. The van der Waals surface area contributed by atoms with Crippen LogP contribution in [0.15, 0.2) is 12.4 Å². The highest BCUT2D eigenvalue weighted by molar-refractivity contribution is 4.99. The Morgan fingerprint density at radius 3 is 3.00 bits per heavy atom. The molecule has 0 spiro atoms. The van der Waals surface area contributed by atoms with Gasteiger partial charge in [0.1, 0.15) is 0 Å². The Hall–Kier alpha value is -0.830. The summed E-state index contributed by atoms with van der Waals surface area (Å²) in [6.45, 7) is 4.87. The van der Waals surface area contributed by atoms with Gasteiger partial charge in [0.15, 0.2) is 0 Å². The summed E-state index contributed by atoms with van der Waals surface area (Å²) in [6, 6.07) is 0. The molecule has 0 bridgehead atoms. The lowest BCUT2D eigenvalue weighted by molar-refractivity contribution is -0.0408. The van der Waals surface area contributed by atoms with E-state index in [0.29, 0.717) is 5.92 Å². The number of ether oxygens (including phenoxy) is 1. The molecule has 1 aromatic heterocycles. The van der Waals surface area contributed by atoms with Gasteiger partial charge in [0.05, 0.1) is 19.4 Å². The SMILES string of the molecule is Cc1cnn(CC2COC2)c1. The summed E-state index contributed by atoms with van der Waals surface area (Å²) in [4.78, 5) is 0. The molecule has 0 atom stereocenters. The molecule has 60 valence electrons. The predicted molar refractivity (Wildman–Crippen MR) is 41.3 cm³/mol. The zero-order chi connectivity index (χ0) is 7.68. The molecule has 0 N–H and O–H groups in total. The van der Waals surface area contributed by atoms with Gasteiger partial charge in [-0.2, -0.15) is 5.10 Å². The van der Waals surface area contributed by atoms with Crippen LogP contribution in [0.3, 0.4) is 0 Å². The number of hydrogen-bond donors (Lipinski definition) is 0. The summed E-state index contributed by atoms with van der Waals surface area (Å²) in [7, 11) is 0. The second kappa shape index (κ2) is 2.66. The van der Waals surface area contributed by atoms with Crippen LogP contribution < -0.4 is 0 Å². The van der Waals surface area contributed by atoms with Crippen molar-refractivity contribution in [1.29, 1.82) is 0 Å². The molecule has 3 nitrogen and oxygen atoms in total. The number of aryl methyl sites for hydroxylation is 1. The molecule has 1 saturated heterocycles. The third-order valence-corrected chi connectivity index (χ3v) is 1.91. The van der Waals surface area contributed by atoms with Crippen LogP contribution in [0.5, 0.6) is 0 Å². The number of rotatable bonds is 2. The maximum atomic E-state index is 5.07. The largest absolute Gasteiger partial charge is 0.381 e. The van der Waals surface area contributed by atoms with E-state index in [1.807, 2.05) is 10.9 Å². The van der Waals surface area contributed by atoms with Gasteiger partial charge in [-0.05, 0) is 12.5 Å². The van der Waals surface area contributed by atoms with Crippen LogP contribution >= 0.6 is 0 Å². The van der Waals surface area contributed by atoms with Crippen LogP contribution in [0.25, 0.3) is 0 Å². The van der Waals surface area contributed by atoms with E-state index in [0.717, 1.165) is 19.8 Å². The highest BCUT2D eigenvalue weighted by Crippen LogP contribution is 2.11. The molecule has 1 aromatic rings. The van der Waals surface area contributed by atoms with Crippen molar-refractivity contribution < 1.29 is 4.74 Å². The fourth-order valence-corrected chi connectivity index (χ4v) is 1.22. The summed E-state index contributed by atoms with van der Waals surface area (Å²) in [5.41, 5.74) is 1.23. The van der Waals surface area contributed by atoms with E-state index in [-0.39, 0.29) is 0 Å². The van der Waals surface area contributed by atoms with Gasteiger partial charge in [-0.1, -0.05) is 0 Å². The minimum atomic E-state index is 0.689. The molecule has 0 amide bonds. The van der Waals surface area contributed by atoms with Gasteiger partial charge in [0.2, 0.25) is 0 Å². The first-order chi connectivity index (χ1) is 5.34. The second-order valence-corrected chi connectivity index (χ2v) is 3.14. The van der Waals surface area contributed by atoms with Crippen molar-refractivity contribution in [3.8, 4) is 0 Å². The lowest BCUT2D eigenvalue weighted by Crippen LogP contribution is -2.31. The van der Waals surface area contributed by atoms with Crippen LogP contribution in [-0.4, -0.2) is 23.0 Å². The number of nitrogens with zero attached hydrogens (tertiary/aromatic N) is 2. The highest BCUT2D eigenvalue weighted by Gasteiger charge is 2.18. The van der Waals surface area contributed by atoms with E-state index in [9.17, 15) is 0 Å². The third kappa shape index (κ3) is 1.43. The molecular weight excluding hydrogens is 140 g/mol. The fourth-order valence-electron chi connectivity index (χ4n) is 1.22. The average molecular weight is 152 g/mol. The van der Waals surface area contributed by atoms with Gasteiger partial charge in [-0.25, -0.2) is 0 Å². The maximum absolute atomic E-state index is 5.07. The number of hydrogen-bond acceptors (Lipinski definition) is 2. The van der Waals surface area contributed by atoms with E-state index in [1.165, 1.54) is 5.56 Å². The average Bonchev–Trinajstić information content (AvgIpc) is 2.27. The van der Waals surface area contributed by atoms with E-state index >= 15 is 0 Å². The van der Waals surface area contributed by atoms with Crippen molar-refractivity contribution in [2.75, 3.05) is 13.2 Å². The maximum Gasteiger partial charge on any atom is 0.0534 e. The Kier molecular flexibility index (Phi) is 1.66. The van der Waals surface area contributed by atoms with Crippen molar-refractivity contribution in [1.82, 2.24) is 9.78 Å². The van der Waals surface area contributed by atoms with Gasteiger partial charge >= 0.3 is 0 Å². The quantitative estimate of drug-likeness (QED) is 0.628. The summed E-state index contributed by atoms with van der Waals surface area (Å²) in [6.07, 6.45) is 3.96. The summed E-state index contributed by atoms with van der Waals surface area (Å²) < 4.78 is 7.06. The van der Waals surface area contributed by atoms with E-state index in [4.69, 9.17) is 4.74 Å². The molecular formula is C8H12N2O. The Morgan fingerprint density at radius 1 is 1.73 bits per heavy atom. The van der Waals surface area contributed by atoms with Crippen molar-refractivity contribution in [3.05, 3.63) is 18.0 Å². The summed E-state index contributed by atoms with van der Waals surface area (Å²) in [5, 5.41) is 4.20. The molecule has 2 heterocycles. The van der Waals surface area contributed by atoms with E-state index in [2.05, 4.69) is 18.2 Å². The lowest BCUT2D eigenvalue weighted by atomic mass is 10.1. The first kappa shape index (κ1) is 6.85. The predicted octanol–water partition coefficient (Wildman–Crippen LogP) is 0.838. The molecule has 0 unspecified atom stereocenters. The van der Waals surface area contributed by atoms with Crippen molar-refractivity contribution in [2.24, 2.45) is 5.92 Å². The second-order valence-electron chi connectivity index (χ2n) is 3.14. The van der Waals surface area contributed by atoms with Gasteiger partial charge < -0.3 is 4.74 Å². The molecule has 0 radical (unpaired) electrons. The Balaban J connectivity index is 1.95. The number of aromatic nitrogens is 2. The van der Waals surface area contributed by atoms with Crippen molar-refractivity contribution in [2.45, 2.75) is 13.5 Å². The Morgan fingerprint density at radius 2 is 2.55 bits per heavy atom. The van der Waals surface area contributed by atoms with Crippen LogP contribution in [0.2, 0.25) is 0 Å². The molecule has 1 aliphatic rings. The third-order valence-electron chi connectivity index (χ3n) is 1.91. The fraction of sp³-hybridized carbons (Fsp3) is 0.625. The topological polar surface area (TPSA) is 27.1 Å². The monoisotopic (exact) mass is 152 g/mol. The molecule has 11 heavy (non-hydrogen) atoms. The normalized spacial score (nSPS) is 18.3. The van der Waals surface area contributed by atoms with Gasteiger partial charge in [-0.15, -0.1) is 0 Å². The summed E-state index contributed by atoms with van der Waals surface area (Å²) >= 11 is 0. The molecule has 0 aliphatic carbocycles. The first-order valence-electron chi connectivity index (χ1n) is 3.91. The smallest absolute Gasteiger partial charge is 0.0534 e. The molecule has 1 aliphatic heterocycles.